The molecule has 6 rings (SSSR count). The van der Waals surface area contributed by atoms with E-state index >= 15 is 0 Å². The van der Waals surface area contributed by atoms with Crippen molar-refractivity contribution in [1.29, 1.82) is 0 Å². The van der Waals surface area contributed by atoms with Crippen LogP contribution in [0.15, 0.2) is 48.6 Å². The van der Waals surface area contributed by atoms with E-state index in [1.165, 1.54) is 11.1 Å². The molecule has 2 aromatic rings. The topological polar surface area (TPSA) is 130 Å². The van der Waals surface area contributed by atoms with Crippen molar-refractivity contribution in [2.24, 2.45) is 28.8 Å². The van der Waals surface area contributed by atoms with E-state index in [1.54, 1.807) is 18.2 Å². The average molecular weight is 629 g/mol. The molecule has 0 saturated heterocycles. The summed E-state index contributed by atoms with van der Waals surface area (Å²) in [6.45, 7) is 1.86. The van der Waals surface area contributed by atoms with Crippen LogP contribution in [0.3, 0.4) is 0 Å². The number of allylic oxidation sites excluding steroid dienone is 1. The molecule has 4 N–H and O–H groups in total. The highest BCUT2D eigenvalue weighted by Crippen LogP contribution is 2.47. The van der Waals surface area contributed by atoms with Crippen LogP contribution in [0.4, 0.5) is 5.69 Å². The lowest BCUT2D eigenvalue weighted by atomic mass is 9.68. The van der Waals surface area contributed by atoms with Crippen LogP contribution in [0.1, 0.15) is 66.4 Å². The number of nitrogens with zero attached hydrogens (tertiary/aromatic N) is 1. The summed E-state index contributed by atoms with van der Waals surface area (Å²) in [6.07, 6.45) is 10.6. The van der Waals surface area contributed by atoms with E-state index < -0.39 is 22.1 Å². The molecule has 0 radical (unpaired) electrons. The maximum absolute atomic E-state index is 11.9. The van der Waals surface area contributed by atoms with Crippen LogP contribution < -0.4 is 14.8 Å². The summed E-state index contributed by atoms with van der Waals surface area (Å²) in [5, 5.41) is 27.0. The van der Waals surface area contributed by atoms with Crippen molar-refractivity contribution in [3.63, 3.8) is 0 Å². The number of hydrogen-bond acceptors (Lipinski definition) is 6. The number of sulfonamides is 1. The molecular formula is C33H41ClN2O6S. The normalized spacial score (nSPS) is 26.6. The Bertz CT molecular complexity index is 1510. The lowest BCUT2D eigenvalue weighted by Gasteiger charge is -2.45. The Morgan fingerprint density at radius 1 is 1.19 bits per heavy atom. The number of rotatable bonds is 10. The van der Waals surface area contributed by atoms with Gasteiger partial charge in [0.2, 0.25) is 10.0 Å². The van der Waals surface area contributed by atoms with E-state index in [1.807, 2.05) is 18.2 Å². The smallest absolute Gasteiger partial charge is 0.335 e. The lowest BCUT2D eigenvalue weighted by molar-refractivity contribution is 0.0455. The van der Waals surface area contributed by atoms with Gasteiger partial charge in [-0.05, 0) is 116 Å². The first-order chi connectivity index (χ1) is 20.5. The number of carboxylic acid groups (broad SMARTS) is 1. The van der Waals surface area contributed by atoms with Gasteiger partial charge in [0.15, 0.2) is 0 Å². The second-order valence-corrected chi connectivity index (χ2v) is 15.3. The van der Waals surface area contributed by atoms with Gasteiger partial charge in [-0.15, -0.1) is 0 Å². The first-order valence-corrected chi connectivity index (χ1v) is 17.5. The van der Waals surface area contributed by atoms with E-state index in [9.17, 15) is 23.4 Å². The van der Waals surface area contributed by atoms with E-state index in [0.717, 1.165) is 55.7 Å². The van der Waals surface area contributed by atoms with Gasteiger partial charge in [-0.2, -0.15) is 0 Å². The molecule has 2 aromatic carbocycles. The zero-order valence-corrected chi connectivity index (χ0v) is 25.9. The highest BCUT2D eigenvalue weighted by atomic mass is 35.5. The van der Waals surface area contributed by atoms with Gasteiger partial charge in [0, 0.05) is 23.5 Å². The number of aryl methyl sites for hydroxylation is 1. The Morgan fingerprint density at radius 2 is 2.00 bits per heavy atom. The number of ether oxygens (including phenoxy) is 1. The summed E-state index contributed by atoms with van der Waals surface area (Å²) >= 11 is 6.37. The first kappa shape index (κ1) is 30.4. The van der Waals surface area contributed by atoms with Crippen LogP contribution in [0.2, 0.25) is 5.02 Å². The summed E-state index contributed by atoms with van der Waals surface area (Å²) in [5.74, 6) is 0.359. The zero-order valence-electron chi connectivity index (χ0n) is 24.3. The van der Waals surface area contributed by atoms with Crippen molar-refractivity contribution in [2.75, 3.05) is 30.3 Å². The van der Waals surface area contributed by atoms with Crippen LogP contribution in [-0.2, 0) is 21.9 Å². The fraction of sp³-hybridized carbons (Fsp3) is 0.545. The van der Waals surface area contributed by atoms with Crippen molar-refractivity contribution in [2.45, 2.75) is 62.9 Å². The van der Waals surface area contributed by atoms with Crippen LogP contribution in [0, 0.1) is 23.7 Å². The van der Waals surface area contributed by atoms with Crippen molar-refractivity contribution in [1.82, 2.24) is 0 Å². The third kappa shape index (κ3) is 6.75. The van der Waals surface area contributed by atoms with Crippen molar-refractivity contribution >= 4 is 33.3 Å². The number of carbonyl (C=O) groups is 1. The highest BCUT2D eigenvalue weighted by molar-refractivity contribution is 7.89. The number of aliphatic hydroxyl groups is 1. The fourth-order valence-corrected chi connectivity index (χ4v) is 8.80. The van der Waals surface area contributed by atoms with Crippen LogP contribution in [0.25, 0.3) is 0 Å². The fourth-order valence-electron chi connectivity index (χ4n) is 7.60. The molecule has 3 aliphatic carbocycles. The minimum absolute atomic E-state index is 0.00267. The van der Waals surface area contributed by atoms with E-state index in [0.29, 0.717) is 37.8 Å². The maximum Gasteiger partial charge on any atom is 0.335 e. The summed E-state index contributed by atoms with van der Waals surface area (Å²) < 4.78 is 29.8. The van der Waals surface area contributed by atoms with E-state index in [-0.39, 0.29) is 34.5 Å². The van der Waals surface area contributed by atoms with Gasteiger partial charge < -0.3 is 19.8 Å². The number of carboxylic acids is 1. The quantitative estimate of drug-likeness (QED) is 0.310. The molecule has 8 nitrogen and oxygen atoms in total. The van der Waals surface area contributed by atoms with E-state index in [2.05, 4.69) is 17.0 Å². The molecule has 0 amide bonds. The number of fused-ring (bicyclic) bond motifs is 3. The molecule has 0 unspecified atom stereocenters. The molecule has 0 bridgehead atoms. The SMILES string of the molecule is NS(=O)(=O)C[C@@H](C/C=C/[C@H](O)[C@@H]1CC[C@H]1CN1C[C@@]2(CCCc3cc(Cl)ccc32)COc2ccc(C(=O)O)cc21)C1CC1. The number of primary sulfonamides is 1. The predicted octanol–water partition coefficient (Wildman–Crippen LogP) is 5.16. The molecule has 2 saturated carbocycles. The Hall–Kier alpha value is -2.59. The van der Waals surface area contributed by atoms with Gasteiger partial charge >= 0.3 is 5.97 Å². The van der Waals surface area contributed by atoms with Gasteiger partial charge in [-0.3, -0.25) is 0 Å². The van der Waals surface area contributed by atoms with Gasteiger partial charge in [0.1, 0.15) is 5.75 Å². The summed E-state index contributed by atoms with van der Waals surface area (Å²) in [6, 6.07) is 11.2. The number of benzene rings is 2. The third-order valence-electron chi connectivity index (χ3n) is 10.2. The summed E-state index contributed by atoms with van der Waals surface area (Å²) in [7, 11) is -3.54. The number of halogens is 1. The number of nitrogens with two attached hydrogens (primary N) is 1. The number of hydrogen-bond donors (Lipinski definition) is 3. The number of anilines is 1. The molecule has 2 fully saturated rings. The molecule has 232 valence electrons. The summed E-state index contributed by atoms with van der Waals surface area (Å²) in [4.78, 5) is 14.2. The zero-order chi connectivity index (χ0) is 30.4. The predicted molar refractivity (Wildman–Crippen MR) is 167 cm³/mol. The second-order valence-electron chi connectivity index (χ2n) is 13.2. The van der Waals surface area contributed by atoms with Crippen LogP contribution >= 0.6 is 11.6 Å². The third-order valence-corrected chi connectivity index (χ3v) is 11.3. The standard InChI is InChI=1S/C33H41ClN2O6S/c34-26-10-12-28-22(15-26)4-2-14-33(28)19-36(29-16-23(32(38)39)9-13-31(29)42-20-33)17-24-8-11-27(24)30(37)5-1-3-25(21-6-7-21)18-43(35,40)41/h1,5,9-10,12-13,15-16,21,24-25,27,30,37H,2-4,6-8,11,14,17-20H2,(H,38,39)(H2,35,40,41)/b5-1+/t24-,25+,27+,30-,33-/m0/s1. The summed E-state index contributed by atoms with van der Waals surface area (Å²) in [5.41, 5.74) is 3.23. The minimum Gasteiger partial charge on any atom is -0.490 e. The Kier molecular flexibility index (Phi) is 8.54. The van der Waals surface area contributed by atoms with Gasteiger partial charge in [0.25, 0.3) is 0 Å². The largest absolute Gasteiger partial charge is 0.490 e. The molecule has 43 heavy (non-hydrogen) atoms. The average Bonchev–Trinajstić information content (AvgIpc) is 3.78. The monoisotopic (exact) mass is 628 g/mol. The van der Waals surface area contributed by atoms with Crippen LogP contribution in [0.5, 0.6) is 5.75 Å². The maximum atomic E-state index is 11.9. The Labute approximate surface area is 258 Å². The first-order valence-electron chi connectivity index (χ1n) is 15.4. The molecule has 1 heterocycles. The van der Waals surface area contributed by atoms with Gasteiger partial charge in [0.05, 0.1) is 29.7 Å². The van der Waals surface area contributed by atoms with Crippen molar-refractivity contribution in [3.8, 4) is 5.75 Å². The highest BCUT2D eigenvalue weighted by Gasteiger charge is 2.44. The molecule has 5 atom stereocenters. The molecular weight excluding hydrogens is 588 g/mol. The molecule has 1 spiro atoms. The van der Waals surface area contributed by atoms with Gasteiger partial charge in [-0.25, -0.2) is 18.4 Å². The lowest BCUT2D eigenvalue weighted by Crippen LogP contribution is -2.49. The van der Waals surface area contributed by atoms with Crippen LogP contribution in [-0.4, -0.2) is 56.2 Å². The van der Waals surface area contributed by atoms with Crippen molar-refractivity contribution < 1.29 is 28.2 Å². The molecule has 1 aliphatic heterocycles. The minimum atomic E-state index is -3.54. The molecule has 10 heteroatoms. The second kappa shape index (κ2) is 12.1. The Balaban J connectivity index is 1.22. The Morgan fingerprint density at radius 3 is 2.70 bits per heavy atom. The number of aliphatic hydroxyl groups excluding tert-OH is 1. The van der Waals surface area contributed by atoms with Gasteiger partial charge in [-0.1, -0.05) is 29.8 Å². The van der Waals surface area contributed by atoms with E-state index in [4.69, 9.17) is 21.5 Å². The molecule has 0 aromatic heterocycles. The van der Waals surface area contributed by atoms with Crippen molar-refractivity contribution in [3.05, 3.63) is 70.3 Å². The number of aromatic carboxylic acids is 1. The molecule has 4 aliphatic rings.